The molecule has 0 aliphatic rings. The van der Waals surface area contributed by atoms with E-state index in [-0.39, 0.29) is 5.91 Å². The number of carbonyl (C=O) groups excluding carboxylic acids is 1. The summed E-state index contributed by atoms with van der Waals surface area (Å²) in [6.45, 7) is 6.59. The smallest absolute Gasteiger partial charge is 0.326 e. The van der Waals surface area contributed by atoms with Crippen LogP contribution in [0, 0.1) is 11.8 Å². The highest BCUT2D eigenvalue weighted by atomic mass is 16.4. The van der Waals surface area contributed by atoms with Gasteiger partial charge in [0.2, 0.25) is 5.91 Å². The fourth-order valence-corrected chi connectivity index (χ4v) is 1.95. The number of aliphatic carboxylic acids is 1. The van der Waals surface area contributed by atoms with Crippen molar-refractivity contribution in [1.82, 2.24) is 5.32 Å². The molecular weight excluding hydrogens is 232 g/mol. The van der Waals surface area contributed by atoms with Crippen LogP contribution in [0.2, 0.25) is 0 Å². The van der Waals surface area contributed by atoms with Crippen molar-refractivity contribution in [2.45, 2.75) is 52.5 Å². The topological polar surface area (TPSA) is 92.4 Å². The van der Waals surface area contributed by atoms with E-state index in [1.165, 1.54) is 0 Å². The van der Waals surface area contributed by atoms with Crippen LogP contribution in [0.4, 0.5) is 0 Å². The van der Waals surface area contributed by atoms with Gasteiger partial charge in [-0.15, -0.1) is 0 Å². The Labute approximate surface area is 109 Å². The third kappa shape index (κ3) is 6.59. The molecule has 5 heteroatoms. The van der Waals surface area contributed by atoms with Crippen LogP contribution in [0.15, 0.2) is 0 Å². The van der Waals surface area contributed by atoms with Gasteiger partial charge in [0.15, 0.2) is 0 Å². The summed E-state index contributed by atoms with van der Waals surface area (Å²) in [5, 5.41) is 11.4. The lowest BCUT2D eigenvalue weighted by Gasteiger charge is -2.20. The largest absolute Gasteiger partial charge is 0.480 e. The Morgan fingerprint density at radius 1 is 1.28 bits per heavy atom. The Kier molecular flexibility index (Phi) is 8.37. The van der Waals surface area contributed by atoms with Gasteiger partial charge in [0.05, 0.1) is 0 Å². The first-order chi connectivity index (χ1) is 8.42. The molecule has 0 heterocycles. The fraction of sp³-hybridized carbons (Fsp3) is 0.846. The van der Waals surface area contributed by atoms with Gasteiger partial charge in [-0.2, -0.15) is 0 Å². The maximum Gasteiger partial charge on any atom is 0.326 e. The summed E-state index contributed by atoms with van der Waals surface area (Å²) >= 11 is 0. The zero-order valence-corrected chi connectivity index (χ0v) is 11.6. The second-order valence-electron chi connectivity index (χ2n) is 4.99. The monoisotopic (exact) mass is 258 g/mol. The lowest BCUT2D eigenvalue weighted by Crippen LogP contribution is -2.40. The minimum atomic E-state index is -0.979. The van der Waals surface area contributed by atoms with Crippen LogP contribution in [0.3, 0.4) is 0 Å². The van der Waals surface area contributed by atoms with E-state index in [1.807, 2.05) is 0 Å². The van der Waals surface area contributed by atoms with Crippen LogP contribution in [-0.2, 0) is 9.59 Å². The molecule has 0 saturated heterocycles. The van der Waals surface area contributed by atoms with Gasteiger partial charge in [0, 0.05) is 6.42 Å². The zero-order chi connectivity index (χ0) is 14.1. The summed E-state index contributed by atoms with van der Waals surface area (Å²) < 4.78 is 0. The van der Waals surface area contributed by atoms with Crippen molar-refractivity contribution in [2.75, 3.05) is 6.54 Å². The van der Waals surface area contributed by atoms with Crippen molar-refractivity contribution in [1.29, 1.82) is 0 Å². The Hall–Kier alpha value is -1.10. The molecule has 0 spiro atoms. The van der Waals surface area contributed by atoms with E-state index in [1.54, 1.807) is 6.92 Å². The van der Waals surface area contributed by atoms with Crippen LogP contribution in [0.1, 0.15) is 46.5 Å². The predicted molar refractivity (Wildman–Crippen MR) is 71.1 cm³/mol. The zero-order valence-electron chi connectivity index (χ0n) is 11.6. The second kappa shape index (κ2) is 8.91. The molecular formula is C13H26N2O3. The average Bonchev–Trinajstić information content (AvgIpc) is 2.30. The van der Waals surface area contributed by atoms with Crippen molar-refractivity contribution < 1.29 is 14.7 Å². The van der Waals surface area contributed by atoms with E-state index in [0.29, 0.717) is 31.2 Å². The van der Waals surface area contributed by atoms with E-state index >= 15 is 0 Å². The fourth-order valence-electron chi connectivity index (χ4n) is 1.95. The molecule has 0 fully saturated rings. The minimum Gasteiger partial charge on any atom is -0.480 e. The lowest BCUT2D eigenvalue weighted by atomic mass is 9.88. The normalized spacial score (nSPS) is 14.3. The highest BCUT2D eigenvalue weighted by Gasteiger charge is 2.19. The Bertz CT molecular complexity index is 267. The third-order valence-electron chi connectivity index (χ3n) is 3.26. The van der Waals surface area contributed by atoms with Gasteiger partial charge in [-0.05, 0) is 37.6 Å². The highest BCUT2D eigenvalue weighted by molar-refractivity contribution is 5.83. The minimum absolute atomic E-state index is 0.188. The van der Waals surface area contributed by atoms with Crippen LogP contribution < -0.4 is 11.1 Å². The second-order valence-corrected chi connectivity index (χ2v) is 4.99. The van der Waals surface area contributed by atoms with E-state index in [0.717, 1.165) is 12.8 Å². The summed E-state index contributed by atoms with van der Waals surface area (Å²) in [5.41, 5.74) is 5.54. The summed E-state index contributed by atoms with van der Waals surface area (Å²) in [7, 11) is 0. The van der Waals surface area contributed by atoms with Crippen molar-refractivity contribution in [2.24, 2.45) is 17.6 Å². The van der Waals surface area contributed by atoms with Gasteiger partial charge in [-0.25, -0.2) is 4.79 Å². The number of rotatable bonds is 9. The summed E-state index contributed by atoms with van der Waals surface area (Å²) in [6.07, 6.45) is 2.43. The number of hydrogen-bond donors (Lipinski definition) is 3. The molecule has 0 aliphatic heterocycles. The summed E-state index contributed by atoms with van der Waals surface area (Å²) in [4.78, 5) is 22.4. The predicted octanol–water partition coefficient (Wildman–Crippen LogP) is 1.37. The summed E-state index contributed by atoms with van der Waals surface area (Å²) in [6, 6.07) is -0.774. The van der Waals surface area contributed by atoms with E-state index in [4.69, 9.17) is 10.8 Å². The molecule has 0 aromatic carbocycles. The molecule has 0 saturated carbocycles. The average molecular weight is 258 g/mol. The number of nitrogens with one attached hydrogen (secondary N) is 1. The number of hydrogen-bond acceptors (Lipinski definition) is 3. The van der Waals surface area contributed by atoms with Crippen LogP contribution in [-0.4, -0.2) is 29.6 Å². The van der Waals surface area contributed by atoms with Crippen LogP contribution in [0.25, 0.3) is 0 Å². The molecule has 5 nitrogen and oxygen atoms in total. The summed E-state index contributed by atoms with van der Waals surface area (Å²) in [5.74, 6) is -0.256. The molecule has 0 radical (unpaired) electrons. The number of carboxylic acids is 1. The van der Waals surface area contributed by atoms with Gasteiger partial charge < -0.3 is 16.2 Å². The highest BCUT2D eigenvalue weighted by Crippen LogP contribution is 2.20. The molecule has 0 aromatic rings. The van der Waals surface area contributed by atoms with E-state index in [2.05, 4.69) is 19.2 Å². The SMILES string of the molecule is CC[C@@H](NC(=O)CCC(CCN)C(C)C)C(=O)O. The first-order valence-corrected chi connectivity index (χ1v) is 6.64. The molecule has 0 aliphatic carbocycles. The molecule has 0 bridgehead atoms. The molecule has 4 N–H and O–H groups in total. The van der Waals surface area contributed by atoms with E-state index in [9.17, 15) is 9.59 Å². The maximum absolute atomic E-state index is 11.6. The van der Waals surface area contributed by atoms with Crippen LogP contribution >= 0.6 is 0 Å². The number of carboxylic acid groups (broad SMARTS) is 1. The van der Waals surface area contributed by atoms with Gasteiger partial charge in [0.25, 0.3) is 0 Å². The van der Waals surface area contributed by atoms with Gasteiger partial charge in [-0.3, -0.25) is 4.79 Å². The van der Waals surface area contributed by atoms with Crippen molar-refractivity contribution in [3.05, 3.63) is 0 Å². The molecule has 1 amide bonds. The molecule has 106 valence electrons. The molecule has 18 heavy (non-hydrogen) atoms. The number of amides is 1. The molecule has 0 rings (SSSR count). The first-order valence-electron chi connectivity index (χ1n) is 6.64. The van der Waals surface area contributed by atoms with E-state index < -0.39 is 12.0 Å². The van der Waals surface area contributed by atoms with Crippen molar-refractivity contribution >= 4 is 11.9 Å². The molecule has 2 atom stereocenters. The molecule has 0 aromatic heterocycles. The lowest BCUT2D eigenvalue weighted by molar-refractivity contribution is -0.141. The van der Waals surface area contributed by atoms with Gasteiger partial charge in [0.1, 0.15) is 6.04 Å². The standard InChI is InChI=1S/C13H26N2O3/c1-4-11(13(17)18)15-12(16)6-5-10(7-8-14)9(2)3/h9-11H,4-8,14H2,1-3H3,(H,15,16)(H,17,18)/t10?,11-/m1/s1. The number of carbonyl (C=O) groups is 2. The molecule has 1 unspecified atom stereocenters. The van der Waals surface area contributed by atoms with Crippen molar-refractivity contribution in [3.63, 3.8) is 0 Å². The maximum atomic E-state index is 11.6. The Morgan fingerprint density at radius 2 is 1.89 bits per heavy atom. The first kappa shape index (κ1) is 16.9. The van der Waals surface area contributed by atoms with Crippen LogP contribution in [0.5, 0.6) is 0 Å². The third-order valence-corrected chi connectivity index (χ3v) is 3.26. The van der Waals surface area contributed by atoms with Gasteiger partial charge >= 0.3 is 5.97 Å². The Morgan fingerprint density at radius 3 is 2.28 bits per heavy atom. The quantitative estimate of drug-likeness (QED) is 0.582. The van der Waals surface area contributed by atoms with Crippen molar-refractivity contribution in [3.8, 4) is 0 Å². The Balaban J connectivity index is 4.11. The number of nitrogens with two attached hydrogens (primary N) is 1. The van der Waals surface area contributed by atoms with Gasteiger partial charge in [-0.1, -0.05) is 20.8 Å².